The number of rotatable bonds is 4. The van der Waals surface area contributed by atoms with E-state index in [-0.39, 0.29) is 19.4 Å². The van der Waals surface area contributed by atoms with Gasteiger partial charge in [-0.3, -0.25) is 4.79 Å². The molecule has 1 saturated heterocycles. The predicted molar refractivity (Wildman–Crippen MR) is 60.6 cm³/mol. The van der Waals surface area contributed by atoms with E-state index in [2.05, 4.69) is 0 Å². The molecule has 96 valence electrons. The third-order valence-corrected chi connectivity index (χ3v) is 5.58. The lowest BCUT2D eigenvalue weighted by Crippen LogP contribution is -2.53. The molecule has 1 aliphatic rings. The van der Waals surface area contributed by atoms with E-state index in [9.17, 15) is 13.2 Å². The Bertz CT molecular complexity index is 453. The van der Waals surface area contributed by atoms with E-state index < -0.39 is 26.8 Å². The Morgan fingerprint density at radius 2 is 2.24 bits per heavy atom. The molecule has 2 unspecified atom stereocenters. The van der Waals surface area contributed by atoms with Crippen molar-refractivity contribution in [3.8, 4) is 6.07 Å². The Hall–Kier alpha value is -1.13. The van der Waals surface area contributed by atoms with Crippen molar-refractivity contribution in [2.75, 3.05) is 6.54 Å². The summed E-state index contributed by atoms with van der Waals surface area (Å²) in [6.45, 7) is 3.16. The molecule has 0 spiro atoms. The molecule has 6 nitrogen and oxygen atoms in total. The van der Waals surface area contributed by atoms with Crippen LogP contribution < -0.4 is 0 Å². The zero-order chi connectivity index (χ0) is 13.3. The van der Waals surface area contributed by atoms with Crippen LogP contribution in [0, 0.1) is 11.3 Å². The Kier molecular flexibility index (Phi) is 3.79. The van der Waals surface area contributed by atoms with Crippen LogP contribution in [-0.2, 0) is 14.8 Å². The van der Waals surface area contributed by atoms with E-state index >= 15 is 0 Å². The van der Waals surface area contributed by atoms with Crippen LogP contribution in [0.3, 0.4) is 0 Å². The van der Waals surface area contributed by atoms with Gasteiger partial charge in [0.2, 0.25) is 10.0 Å². The minimum Gasteiger partial charge on any atom is -0.480 e. The van der Waals surface area contributed by atoms with E-state index in [4.69, 9.17) is 10.4 Å². The molecule has 17 heavy (non-hydrogen) atoms. The highest BCUT2D eigenvalue weighted by atomic mass is 32.2. The highest BCUT2D eigenvalue weighted by molar-refractivity contribution is 7.90. The summed E-state index contributed by atoms with van der Waals surface area (Å²) in [5.74, 6) is -1.16. The highest BCUT2D eigenvalue weighted by Gasteiger charge is 2.51. The molecule has 7 heteroatoms. The van der Waals surface area contributed by atoms with Gasteiger partial charge in [0.05, 0.1) is 6.07 Å². The van der Waals surface area contributed by atoms with Gasteiger partial charge in [0, 0.05) is 6.54 Å². The molecule has 0 amide bonds. The third kappa shape index (κ3) is 2.15. The second-order valence-corrected chi connectivity index (χ2v) is 6.37. The number of sulfonamides is 1. The Labute approximate surface area is 101 Å². The SMILES string of the molecule is CCC(C#N)S(=O)(=O)N1CCCC1(C)C(=O)O. The fourth-order valence-corrected chi connectivity index (χ4v) is 4.06. The summed E-state index contributed by atoms with van der Waals surface area (Å²) in [6.07, 6.45) is 0.943. The minimum absolute atomic E-state index is 0.158. The molecular weight excluding hydrogens is 244 g/mol. The van der Waals surface area contributed by atoms with Crippen LogP contribution in [0.1, 0.15) is 33.1 Å². The molecule has 0 aliphatic carbocycles. The molecule has 0 aromatic heterocycles. The first-order valence-electron chi connectivity index (χ1n) is 5.45. The van der Waals surface area contributed by atoms with Gasteiger partial charge >= 0.3 is 5.97 Å². The second-order valence-electron chi connectivity index (χ2n) is 4.33. The van der Waals surface area contributed by atoms with Crippen LogP contribution in [0.15, 0.2) is 0 Å². The Morgan fingerprint density at radius 1 is 1.65 bits per heavy atom. The average Bonchev–Trinajstić information content (AvgIpc) is 2.63. The normalized spacial score (nSPS) is 27.6. The van der Waals surface area contributed by atoms with Crippen molar-refractivity contribution in [3.05, 3.63) is 0 Å². The van der Waals surface area contributed by atoms with Gasteiger partial charge in [-0.25, -0.2) is 8.42 Å². The van der Waals surface area contributed by atoms with Gasteiger partial charge in [-0.05, 0) is 26.2 Å². The Balaban J connectivity index is 3.17. The number of hydrogen-bond acceptors (Lipinski definition) is 4. The summed E-state index contributed by atoms with van der Waals surface area (Å²) >= 11 is 0. The molecule has 1 aliphatic heterocycles. The van der Waals surface area contributed by atoms with Crippen LogP contribution in [0.4, 0.5) is 0 Å². The van der Waals surface area contributed by atoms with Gasteiger partial charge in [0.1, 0.15) is 5.54 Å². The summed E-state index contributed by atoms with van der Waals surface area (Å²) in [4.78, 5) is 11.2. The van der Waals surface area contributed by atoms with Gasteiger partial charge < -0.3 is 5.11 Å². The summed E-state index contributed by atoms with van der Waals surface area (Å²) in [6, 6.07) is 1.72. The maximum absolute atomic E-state index is 12.2. The predicted octanol–water partition coefficient (Wildman–Crippen LogP) is 0.557. The first kappa shape index (κ1) is 13.9. The van der Waals surface area contributed by atoms with Crippen LogP contribution in [-0.4, -0.2) is 41.1 Å². The fraction of sp³-hybridized carbons (Fsp3) is 0.800. The van der Waals surface area contributed by atoms with E-state index in [0.717, 1.165) is 4.31 Å². The van der Waals surface area contributed by atoms with Gasteiger partial charge in [0.25, 0.3) is 0 Å². The summed E-state index contributed by atoms with van der Waals surface area (Å²) in [7, 11) is -3.86. The van der Waals surface area contributed by atoms with E-state index in [0.29, 0.717) is 6.42 Å². The van der Waals surface area contributed by atoms with Crippen molar-refractivity contribution < 1.29 is 18.3 Å². The van der Waals surface area contributed by atoms with Crippen molar-refractivity contribution in [1.29, 1.82) is 5.26 Å². The molecule has 1 fully saturated rings. The lowest BCUT2D eigenvalue weighted by molar-refractivity contribution is -0.146. The third-order valence-electron chi connectivity index (χ3n) is 3.22. The highest BCUT2D eigenvalue weighted by Crippen LogP contribution is 2.33. The standard InChI is InChI=1S/C10H16N2O4S/c1-3-8(7-11)17(15,16)12-6-4-5-10(12,2)9(13)14/h8H,3-6H2,1-2H3,(H,13,14). The van der Waals surface area contributed by atoms with Crippen LogP contribution in [0.25, 0.3) is 0 Å². The van der Waals surface area contributed by atoms with Crippen molar-refractivity contribution in [3.63, 3.8) is 0 Å². The molecule has 0 aromatic rings. The number of hydrogen-bond donors (Lipinski definition) is 1. The molecule has 1 rings (SSSR count). The average molecular weight is 260 g/mol. The van der Waals surface area contributed by atoms with Gasteiger partial charge in [-0.1, -0.05) is 6.92 Å². The number of carboxylic acid groups (broad SMARTS) is 1. The van der Waals surface area contributed by atoms with Crippen LogP contribution in [0.5, 0.6) is 0 Å². The van der Waals surface area contributed by atoms with Crippen molar-refractivity contribution >= 4 is 16.0 Å². The summed E-state index contributed by atoms with van der Waals surface area (Å²) in [5, 5.41) is 16.8. The van der Waals surface area contributed by atoms with E-state index in [1.165, 1.54) is 6.92 Å². The molecule has 1 heterocycles. The molecule has 0 bridgehead atoms. The molecule has 0 saturated carbocycles. The van der Waals surface area contributed by atoms with Gasteiger partial charge in [0.15, 0.2) is 5.25 Å². The molecule has 0 aromatic carbocycles. The number of carbonyl (C=O) groups is 1. The monoisotopic (exact) mass is 260 g/mol. The van der Waals surface area contributed by atoms with Gasteiger partial charge in [-0.2, -0.15) is 9.57 Å². The zero-order valence-electron chi connectivity index (χ0n) is 9.88. The van der Waals surface area contributed by atoms with Gasteiger partial charge in [-0.15, -0.1) is 0 Å². The van der Waals surface area contributed by atoms with Crippen LogP contribution >= 0.6 is 0 Å². The van der Waals surface area contributed by atoms with Crippen molar-refractivity contribution in [1.82, 2.24) is 4.31 Å². The molecule has 1 N–H and O–H groups in total. The van der Waals surface area contributed by atoms with Crippen molar-refractivity contribution in [2.45, 2.75) is 43.9 Å². The second kappa shape index (κ2) is 4.63. The van der Waals surface area contributed by atoms with Crippen LogP contribution in [0.2, 0.25) is 0 Å². The number of nitrogens with zero attached hydrogens (tertiary/aromatic N) is 2. The molecule has 0 radical (unpaired) electrons. The van der Waals surface area contributed by atoms with E-state index in [1.807, 2.05) is 0 Å². The minimum atomic E-state index is -3.86. The number of carboxylic acids is 1. The fourth-order valence-electron chi connectivity index (χ4n) is 2.08. The van der Waals surface area contributed by atoms with E-state index in [1.54, 1.807) is 13.0 Å². The lowest BCUT2D eigenvalue weighted by atomic mass is 10.0. The quantitative estimate of drug-likeness (QED) is 0.796. The zero-order valence-corrected chi connectivity index (χ0v) is 10.7. The lowest BCUT2D eigenvalue weighted by Gasteiger charge is -2.31. The Morgan fingerprint density at radius 3 is 2.65 bits per heavy atom. The largest absolute Gasteiger partial charge is 0.480 e. The maximum atomic E-state index is 12.2. The topological polar surface area (TPSA) is 98.5 Å². The maximum Gasteiger partial charge on any atom is 0.324 e. The first-order chi connectivity index (χ1) is 7.80. The van der Waals surface area contributed by atoms with Crippen molar-refractivity contribution in [2.24, 2.45) is 0 Å². The summed E-state index contributed by atoms with van der Waals surface area (Å²) < 4.78 is 25.3. The first-order valence-corrected chi connectivity index (χ1v) is 6.95. The summed E-state index contributed by atoms with van der Waals surface area (Å²) in [5.41, 5.74) is -1.41. The molecular formula is C10H16N2O4S. The number of nitriles is 1. The number of aliphatic carboxylic acids is 1. The molecule has 2 atom stereocenters. The smallest absolute Gasteiger partial charge is 0.324 e.